The Morgan fingerprint density at radius 2 is 2.10 bits per heavy atom. The summed E-state index contributed by atoms with van der Waals surface area (Å²) in [6.45, 7) is 5.88. The second kappa shape index (κ2) is 5.81. The van der Waals surface area contributed by atoms with Gasteiger partial charge < -0.3 is 9.84 Å². The lowest BCUT2D eigenvalue weighted by Crippen LogP contribution is -2.39. The number of hydrogen-bond donors (Lipinski definition) is 2. The van der Waals surface area contributed by atoms with E-state index in [0.717, 1.165) is 5.56 Å². The third-order valence-electron chi connectivity index (χ3n) is 3.83. The number of aliphatic hydroxyl groups is 1. The van der Waals surface area contributed by atoms with E-state index in [-0.39, 0.29) is 23.6 Å². The fourth-order valence-electron chi connectivity index (χ4n) is 2.42. The fraction of sp³-hybridized carbons (Fsp3) is 0.571. The molecule has 2 rings (SSSR count). The van der Waals surface area contributed by atoms with Crippen LogP contribution >= 0.6 is 0 Å². The molecule has 1 fully saturated rings. The van der Waals surface area contributed by atoms with Crippen LogP contribution in [-0.2, 0) is 21.4 Å². The van der Waals surface area contributed by atoms with Gasteiger partial charge in [-0.25, -0.2) is 13.1 Å². The highest BCUT2D eigenvalue weighted by atomic mass is 32.2. The number of nitrogens with one attached hydrogen (secondary N) is 1. The molecule has 2 unspecified atom stereocenters. The molecule has 2 atom stereocenters. The van der Waals surface area contributed by atoms with E-state index < -0.39 is 10.0 Å². The molecule has 1 aliphatic heterocycles. The molecule has 0 spiro atoms. The Bertz CT molecular complexity index is 597. The second-order valence-corrected chi connectivity index (χ2v) is 6.97. The molecule has 0 saturated carbocycles. The molecule has 0 radical (unpaired) electrons. The van der Waals surface area contributed by atoms with E-state index in [0.29, 0.717) is 24.2 Å². The Hall–Kier alpha value is -0.950. The molecule has 1 heterocycles. The minimum absolute atomic E-state index is 0.118. The van der Waals surface area contributed by atoms with E-state index in [2.05, 4.69) is 4.72 Å². The lowest BCUT2D eigenvalue weighted by molar-refractivity contribution is 0.117. The first-order valence-electron chi connectivity index (χ1n) is 6.70. The Labute approximate surface area is 120 Å². The van der Waals surface area contributed by atoms with E-state index in [1.807, 2.05) is 13.8 Å². The first-order valence-corrected chi connectivity index (χ1v) is 8.18. The van der Waals surface area contributed by atoms with Crippen LogP contribution in [0.1, 0.15) is 30.0 Å². The first kappa shape index (κ1) is 15.4. The lowest BCUT2D eigenvalue weighted by Gasteiger charge is -2.18. The number of aryl methyl sites for hydroxylation is 1. The highest BCUT2D eigenvalue weighted by Gasteiger charge is 2.30. The molecular weight excluding hydrogens is 278 g/mol. The molecule has 0 bridgehead atoms. The van der Waals surface area contributed by atoms with Gasteiger partial charge in [-0.05, 0) is 49.9 Å². The zero-order valence-electron chi connectivity index (χ0n) is 12.0. The van der Waals surface area contributed by atoms with Crippen molar-refractivity contribution in [3.8, 4) is 0 Å². The van der Waals surface area contributed by atoms with Crippen LogP contribution in [-0.4, -0.2) is 32.3 Å². The topological polar surface area (TPSA) is 75.6 Å². The number of benzene rings is 1. The van der Waals surface area contributed by atoms with Gasteiger partial charge in [-0.3, -0.25) is 0 Å². The zero-order chi connectivity index (χ0) is 14.9. The van der Waals surface area contributed by atoms with Crippen LogP contribution in [0.25, 0.3) is 0 Å². The SMILES string of the molecule is Cc1cc(CO)cc(S(=O)(=O)NC2CCOC2C)c1C. The average molecular weight is 299 g/mol. The van der Waals surface area contributed by atoms with Gasteiger partial charge >= 0.3 is 0 Å². The lowest BCUT2D eigenvalue weighted by atomic mass is 10.1. The predicted octanol–water partition coefficient (Wildman–Crippen LogP) is 1.25. The van der Waals surface area contributed by atoms with Gasteiger partial charge in [0.2, 0.25) is 10.0 Å². The summed E-state index contributed by atoms with van der Waals surface area (Å²) < 4.78 is 33.1. The van der Waals surface area contributed by atoms with Gasteiger partial charge in [0.1, 0.15) is 0 Å². The summed E-state index contributed by atoms with van der Waals surface area (Å²) in [5.74, 6) is 0. The monoisotopic (exact) mass is 299 g/mol. The smallest absolute Gasteiger partial charge is 0.241 e. The first-order chi connectivity index (χ1) is 9.35. The minimum Gasteiger partial charge on any atom is -0.392 e. The van der Waals surface area contributed by atoms with Gasteiger partial charge in [0.05, 0.1) is 23.6 Å². The molecule has 1 saturated heterocycles. The zero-order valence-corrected chi connectivity index (χ0v) is 12.8. The predicted molar refractivity (Wildman–Crippen MR) is 76.0 cm³/mol. The van der Waals surface area contributed by atoms with Crippen molar-refractivity contribution in [2.24, 2.45) is 0 Å². The number of sulfonamides is 1. The molecule has 1 aliphatic rings. The quantitative estimate of drug-likeness (QED) is 0.877. The summed E-state index contributed by atoms with van der Waals surface area (Å²) in [7, 11) is -3.60. The number of hydrogen-bond acceptors (Lipinski definition) is 4. The van der Waals surface area contributed by atoms with Crippen molar-refractivity contribution in [1.29, 1.82) is 0 Å². The molecular formula is C14H21NO4S. The van der Waals surface area contributed by atoms with Crippen molar-refractivity contribution < 1.29 is 18.3 Å². The third-order valence-corrected chi connectivity index (χ3v) is 5.45. The summed E-state index contributed by atoms with van der Waals surface area (Å²) in [4.78, 5) is 0.237. The van der Waals surface area contributed by atoms with Crippen LogP contribution in [0.2, 0.25) is 0 Å². The maximum absolute atomic E-state index is 12.5. The van der Waals surface area contributed by atoms with Gasteiger partial charge in [0, 0.05) is 6.61 Å². The van der Waals surface area contributed by atoms with Gasteiger partial charge in [0.25, 0.3) is 0 Å². The number of aliphatic hydroxyl groups excluding tert-OH is 1. The van der Waals surface area contributed by atoms with Crippen molar-refractivity contribution in [2.45, 2.75) is 50.8 Å². The molecule has 20 heavy (non-hydrogen) atoms. The van der Waals surface area contributed by atoms with E-state index >= 15 is 0 Å². The summed E-state index contributed by atoms with van der Waals surface area (Å²) in [6, 6.07) is 3.14. The van der Waals surface area contributed by atoms with E-state index in [9.17, 15) is 13.5 Å². The van der Waals surface area contributed by atoms with Crippen molar-refractivity contribution in [3.05, 3.63) is 28.8 Å². The summed E-state index contributed by atoms with van der Waals surface area (Å²) in [5.41, 5.74) is 2.16. The summed E-state index contributed by atoms with van der Waals surface area (Å²) in [6.07, 6.45) is 0.560. The minimum atomic E-state index is -3.60. The summed E-state index contributed by atoms with van der Waals surface area (Å²) >= 11 is 0. The van der Waals surface area contributed by atoms with Crippen molar-refractivity contribution in [2.75, 3.05) is 6.61 Å². The van der Waals surface area contributed by atoms with Gasteiger partial charge in [-0.2, -0.15) is 0 Å². The highest BCUT2D eigenvalue weighted by molar-refractivity contribution is 7.89. The van der Waals surface area contributed by atoms with Crippen LogP contribution in [0, 0.1) is 13.8 Å². The van der Waals surface area contributed by atoms with Crippen LogP contribution in [0.3, 0.4) is 0 Å². The molecule has 2 N–H and O–H groups in total. The van der Waals surface area contributed by atoms with Crippen LogP contribution in [0.5, 0.6) is 0 Å². The van der Waals surface area contributed by atoms with Gasteiger partial charge in [-0.15, -0.1) is 0 Å². The van der Waals surface area contributed by atoms with Gasteiger partial charge in [-0.1, -0.05) is 6.07 Å². The van der Waals surface area contributed by atoms with Crippen LogP contribution in [0.4, 0.5) is 0 Å². The molecule has 0 aromatic heterocycles. The van der Waals surface area contributed by atoms with Crippen molar-refractivity contribution in [1.82, 2.24) is 4.72 Å². The molecule has 0 amide bonds. The third kappa shape index (κ3) is 3.03. The van der Waals surface area contributed by atoms with E-state index in [4.69, 9.17) is 4.74 Å². The Morgan fingerprint density at radius 1 is 1.40 bits per heavy atom. The van der Waals surface area contributed by atoms with Crippen LogP contribution in [0.15, 0.2) is 17.0 Å². The molecule has 5 nitrogen and oxygen atoms in total. The number of ether oxygens (including phenoxy) is 1. The van der Waals surface area contributed by atoms with Gasteiger partial charge in [0.15, 0.2) is 0 Å². The molecule has 6 heteroatoms. The van der Waals surface area contributed by atoms with Crippen molar-refractivity contribution >= 4 is 10.0 Å². The van der Waals surface area contributed by atoms with E-state index in [1.54, 1.807) is 13.0 Å². The fourth-order valence-corrected chi connectivity index (χ4v) is 4.12. The molecule has 1 aromatic carbocycles. The highest BCUT2D eigenvalue weighted by Crippen LogP contribution is 2.23. The summed E-state index contributed by atoms with van der Waals surface area (Å²) in [5, 5.41) is 9.23. The largest absolute Gasteiger partial charge is 0.392 e. The van der Waals surface area contributed by atoms with Crippen molar-refractivity contribution in [3.63, 3.8) is 0 Å². The Balaban J connectivity index is 2.36. The number of rotatable bonds is 4. The molecule has 1 aromatic rings. The van der Waals surface area contributed by atoms with Crippen LogP contribution < -0.4 is 4.72 Å². The molecule has 112 valence electrons. The Morgan fingerprint density at radius 3 is 2.65 bits per heavy atom. The maximum atomic E-state index is 12.5. The molecule has 0 aliphatic carbocycles. The standard InChI is InChI=1S/C14H21NO4S/c1-9-6-12(8-16)7-14(10(9)2)20(17,18)15-13-4-5-19-11(13)3/h6-7,11,13,15-16H,4-5,8H2,1-3H3. The van der Waals surface area contributed by atoms with E-state index in [1.165, 1.54) is 6.07 Å². The maximum Gasteiger partial charge on any atom is 0.241 e. The Kier molecular flexibility index (Phi) is 4.49. The second-order valence-electron chi connectivity index (χ2n) is 5.29. The average Bonchev–Trinajstić information content (AvgIpc) is 2.77. The normalized spacial score (nSPS) is 23.2.